The molecule has 24 heavy (non-hydrogen) atoms. The second kappa shape index (κ2) is 7.49. The molecule has 0 radical (unpaired) electrons. The van der Waals surface area contributed by atoms with Crippen LogP contribution in [0.4, 0.5) is 0 Å². The second-order valence-electron chi connectivity index (χ2n) is 6.81. The van der Waals surface area contributed by atoms with Crippen molar-refractivity contribution in [2.75, 3.05) is 26.2 Å². The summed E-state index contributed by atoms with van der Waals surface area (Å²) in [5.74, 6) is 0. The Bertz CT molecular complexity index is 753. The van der Waals surface area contributed by atoms with Crippen molar-refractivity contribution >= 4 is 11.0 Å². The van der Waals surface area contributed by atoms with Crippen LogP contribution in [0.1, 0.15) is 38.3 Å². The molecule has 3 rings (SSSR count). The molecule has 0 saturated carbocycles. The van der Waals surface area contributed by atoms with Crippen LogP contribution < -0.4 is 5.63 Å². The zero-order chi connectivity index (χ0) is 17.1. The summed E-state index contributed by atoms with van der Waals surface area (Å²) in [6.45, 7) is 11.7. The lowest BCUT2D eigenvalue weighted by atomic mass is 9.97. The lowest BCUT2D eigenvalue weighted by Crippen LogP contribution is -2.45. The van der Waals surface area contributed by atoms with Crippen LogP contribution in [0.25, 0.3) is 11.0 Å². The van der Waals surface area contributed by atoms with Crippen LogP contribution in [0.5, 0.6) is 0 Å². The van der Waals surface area contributed by atoms with Gasteiger partial charge in [-0.25, -0.2) is 4.79 Å². The van der Waals surface area contributed by atoms with Gasteiger partial charge in [-0.15, -0.1) is 0 Å². The molecule has 2 aromatic rings. The van der Waals surface area contributed by atoms with Gasteiger partial charge < -0.3 is 4.42 Å². The summed E-state index contributed by atoms with van der Waals surface area (Å²) in [5, 5.41) is 1.10. The fourth-order valence-electron chi connectivity index (χ4n) is 3.89. The average molecular weight is 328 g/mol. The Morgan fingerprint density at radius 1 is 1.25 bits per heavy atom. The lowest BCUT2D eigenvalue weighted by molar-refractivity contribution is 0.144. The number of fused-ring (bicyclic) bond motifs is 3. The predicted octanol–water partition coefficient (Wildman–Crippen LogP) is 3.27. The zero-order valence-corrected chi connectivity index (χ0v) is 15.0. The smallest absolute Gasteiger partial charge is 0.341 e. The monoisotopic (exact) mass is 328 g/mol. The van der Waals surface area contributed by atoms with E-state index in [1.54, 1.807) is 0 Å². The van der Waals surface area contributed by atoms with Crippen LogP contribution in [0, 0.1) is 0 Å². The van der Waals surface area contributed by atoms with Gasteiger partial charge in [0.25, 0.3) is 0 Å². The maximum atomic E-state index is 12.4. The van der Waals surface area contributed by atoms with E-state index in [1.165, 1.54) is 12.0 Å². The summed E-state index contributed by atoms with van der Waals surface area (Å²) in [6, 6.07) is 8.39. The van der Waals surface area contributed by atoms with Crippen LogP contribution in [0.3, 0.4) is 0 Å². The molecule has 4 heteroatoms. The number of nitrogens with zero attached hydrogens (tertiary/aromatic N) is 2. The maximum Gasteiger partial charge on any atom is 0.341 e. The van der Waals surface area contributed by atoms with Crippen molar-refractivity contribution in [3.63, 3.8) is 0 Å². The van der Waals surface area contributed by atoms with Gasteiger partial charge in [-0.2, -0.15) is 0 Å². The highest BCUT2D eigenvalue weighted by molar-refractivity contribution is 5.81. The van der Waals surface area contributed by atoms with Crippen molar-refractivity contribution in [2.45, 2.75) is 46.2 Å². The highest BCUT2D eigenvalue weighted by atomic mass is 16.4. The molecule has 1 aromatic carbocycles. The third kappa shape index (κ3) is 3.40. The molecule has 0 saturated heterocycles. The number of rotatable bonds is 6. The molecule has 0 bridgehead atoms. The predicted molar refractivity (Wildman–Crippen MR) is 98.5 cm³/mol. The van der Waals surface area contributed by atoms with Crippen molar-refractivity contribution < 1.29 is 4.42 Å². The molecule has 130 valence electrons. The van der Waals surface area contributed by atoms with E-state index in [0.717, 1.165) is 43.5 Å². The summed E-state index contributed by atoms with van der Waals surface area (Å²) in [6.07, 6.45) is 2.10. The van der Waals surface area contributed by atoms with Gasteiger partial charge in [0.15, 0.2) is 0 Å². The van der Waals surface area contributed by atoms with E-state index in [0.29, 0.717) is 18.2 Å². The third-order valence-electron chi connectivity index (χ3n) is 5.15. The van der Waals surface area contributed by atoms with E-state index in [2.05, 4.69) is 36.6 Å². The van der Waals surface area contributed by atoms with E-state index in [4.69, 9.17) is 4.42 Å². The van der Waals surface area contributed by atoms with Crippen molar-refractivity contribution in [2.24, 2.45) is 0 Å². The van der Waals surface area contributed by atoms with Crippen LogP contribution in [-0.2, 0) is 13.0 Å². The summed E-state index contributed by atoms with van der Waals surface area (Å²) in [7, 11) is 0. The van der Waals surface area contributed by atoms with Gasteiger partial charge in [0.1, 0.15) is 5.58 Å². The van der Waals surface area contributed by atoms with Gasteiger partial charge in [-0.3, -0.25) is 9.80 Å². The Morgan fingerprint density at radius 3 is 2.79 bits per heavy atom. The van der Waals surface area contributed by atoms with E-state index >= 15 is 0 Å². The Morgan fingerprint density at radius 2 is 2.04 bits per heavy atom. The molecule has 0 spiro atoms. The van der Waals surface area contributed by atoms with Gasteiger partial charge in [-0.1, -0.05) is 32.0 Å². The highest BCUT2D eigenvalue weighted by Crippen LogP contribution is 2.25. The summed E-state index contributed by atoms with van der Waals surface area (Å²) in [5.41, 5.74) is 2.59. The van der Waals surface area contributed by atoms with Crippen molar-refractivity contribution in [3.8, 4) is 0 Å². The van der Waals surface area contributed by atoms with Crippen LogP contribution in [0.15, 0.2) is 33.5 Å². The molecule has 1 unspecified atom stereocenters. The first kappa shape index (κ1) is 17.2. The van der Waals surface area contributed by atoms with Crippen LogP contribution >= 0.6 is 0 Å². The fraction of sp³-hybridized carbons (Fsp3) is 0.550. The molecule has 4 nitrogen and oxygen atoms in total. The quantitative estimate of drug-likeness (QED) is 0.763. The minimum Gasteiger partial charge on any atom is -0.422 e. The first-order valence-electron chi connectivity index (χ1n) is 9.14. The molecule has 0 aliphatic carbocycles. The minimum atomic E-state index is -0.165. The number of para-hydroxylation sites is 1. The molecule has 1 aliphatic rings. The lowest BCUT2D eigenvalue weighted by Gasteiger charge is -2.35. The molecule has 1 atom stereocenters. The van der Waals surface area contributed by atoms with E-state index < -0.39 is 0 Å². The molecule has 0 fully saturated rings. The Labute approximate surface area is 144 Å². The first-order valence-corrected chi connectivity index (χ1v) is 9.14. The Balaban J connectivity index is 1.80. The van der Waals surface area contributed by atoms with Gasteiger partial charge in [0.2, 0.25) is 0 Å². The van der Waals surface area contributed by atoms with Crippen LogP contribution in [0.2, 0.25) is 0 Å². The molecular weight excluding hydrogens is 300 g/mol. The largest absolute Gasteiger partial charge is 0.422 e. The summed E-state index contributed by atoms with van der Waals surface area (Å²) in [4.78, 5) is 17.3. The van der Waals surface area contributed by atoms with Crippen molar-refractivity contribution in [1.29, 1.82) is 0 Å². The number of benzene rings is 1. The molecule has 1 aromatic heterocycles. The zero-order valence-electron chi connectivity index (χ0n) is 15.0. The summed E-state index contributed by atoms with van der Waals surface area (Å²) < 4.78 is 5.53. The van der Waals surface area contributed by atoms with Gasteiger partial charge >= 0.3 is 5.63 Å². The molecule has 2 heterocycles. The van der Waals surface area contributed by atoms with E-state index in [1.807, 2.05) is 18.2 Å². The highest BCUT2D eigenvalue weighted by Gasteiger charge is 2.24. The maximum absolute atomic E-state index is 12.4. The SMILES string of the molecule is CCCN(CC)C(C)CN1CCc2c(c(=O)oc3ccccc23)C1. The molecule has 0 N–H and O–H groups in total. The van der Waals surface area contributed by atoms with Crippen molar-refractivity contribution in [3.05, 3.63) is 45.8 Å². The number of likely N-dealkylation sites (N-methyl/N-ethyl adjacent to an activating group) is 1. The number of hydrogen-bond donors (Lipinski definition) is 0. The number of hydrogen-bond acceptors (Lipinski definition) is 4. The first-order chi connectivity index (χ1) is 11.6. The topological polar surface area (TPSA) is 36.7 Å². The molecular formula is C20H28N2O2. The summed E-state index contributed by atoms with van der Waals surface area (Å²) >= 11 is 0. The normalized spacial score (nSPS) is 16.5. The Kier molecular flexibility index (Phi) is 5.36. The Hall–Kier alpha value is -1.65. The second-order valence-corrected chi connectivity index (χ2v) is 6.81. The standard InChI is InChI=1S/C20H28N2O2/c1-4-11-22(5-2)15(3)13-21-12-10-16-17-8-6-7-9-19(17)24-20(23)18(16)14-21/h6-9,15H,4-5,10-14H2,1-3H3. The molecule has 0 amide bonds. The van der Waals surface area contributed by atoms with E-state index in [9.17, 15) is 4.79 Å². The van der Waals surface area contributed by atoms with Gasteiger partial charge in [0, 0.05) is 31.1 Å². The average Bonchev–Trinajstić information content (AvgIpc) is 2.60. The van der Waals surface area contributed by atoms with Crippen LogP contribution in [-0.4, -0.2) is 42.0 Å². The molecule has 1 aliphatic heterocycles. The van der Waals surface area contributed by atoms with Gasteiger partial charge in [0.05, 0.1) is 5.56 Å². The van der Waals surface area contributed by atoms with Crippen molar-refractivity contribution in [1.82, 2.24) is 9.80 Å². The minimum absolute atomic E-state index is 0.165. The third-order valence-corrected chi connectivity index (χ3v) is 5.15. The fourth-order valence-corrected chi connectivity index (χ4v) is 3.89. The van der Waals surface area contributed by atoms with Gasteiger partial charge in [-0.05, 0) is 44.5 Å². The van der Waals surface area contributed by atoms with E-state index in [-0.39, 0.29) is 5.63 Å².